The monoisotopic (exact) mass is 312 g/mol. The maximum Gasteiger partial charge on any atom is 0.211 e. The SMILES string of the molecule is CCCNc1cccc(CN2CCN(S(C)(=O)=O)CC2)n1. The molecule has 0 amide bonds. The lowest BCUT2D eigenvalue weighted by atomic mass is 10.3. The molecule has 1 aliphatic heterocycles. The number of nitrogens with one attached hydrogen (secondary N) is 1. The van der Waals surface area contributed by atoms with Gasteiger partial charge in [-0.05, 0) is 18.6 Å². The summed E-state index contributed by atoms with van der Waals surface area (Å²) < 4.78 is 24.5. The molecule has 1 N–H and O–H groups in total. The van der Waals surface area contributed by atoms with E-state index in [0.717, 1.165) is 44.1 Å². The number of aromatic nitrogens is 1. The molecule has 0 unspecified atom stereocenters. The lowest BCUT2D eigenvalue weighted by Crippen LogP contribution is -2.47. The summed E-state index contributed by atoms with van der Waals surface area (Å²) in [6.45, 7) is 6.43. The Morgan fingerprint density at radius 1 is 1.24 bits per heavy atom. The highest BCUT2D eigenvalue weighted by molar-refractivity contribution is 7.88. The predicted octanol–water partition coefficient (Wildman–Crippen LogP) is 0.981. The molecule has 6 nitrogen and oxygen atoms in total. The van der Waals surface area contributed by atoms with E-state index in [1.54, 1.807) is 0 Å². The second-order valence-corrected chi connectivity index (χ2v) is 7.36. The van der Waals surface area contributed by atoms with E-state index >= 15 is 0 Å². The van der Waals surface area contributed by atoms with Gasteiger partial charge >= 0.3 is 0 Å². The summed E-state index contributed by atoms with van der Waals surface area (Å²) >= 11 is 0. The summed E-state index contributed by atoms with van der Waals surface area (Å²) in [4.78, 5) is 6.83. The van der Waals surface area contributed by atoms with Crippen LogP contribution in [0.2, 0.25) is 0 Å². The predicted molar refractivity (Wildman–Crippen MR) is 84.7 cm³/mol. The highest BCUT2D eigenvalue weighted by atomic mass is 32.2. The van der Waals surface area contributed by atoms with Crippen LogP contribution in [-0.2, 0) is 16.6 Å². The standard InChI is InChI=1S/C14H24N4O2S/c1-3-7-15-14-6-4-5-13(16-14)12-17-8-10-18(11-9-17)21(2,19)20/h4-6H,3,7-12H2,1-2H3,(H,15,16). The lowest BCUT2D eigenvalue weighted by molar-refractivity contribution is 0.180. The summed E-state index contributed by atoms with van der Waals surface area (Å²) in [6, 6.07) is 5.99. The Morgan fingerprint density at radius 3 is 2.57 bits per heavy atom. The summed E-state index contributed by atoms with van der Waals surface area (Å²) in [5, 5.41) is 3.28. The third kappa shape index (κ3) is 4.94. The van der Waals surface area contributed by atoms with Gasteiger partial charge in [0, 0.05) is 39.3 Å². The fourth-order valence-electron chi connectivity index (χ4n) is 2.37. The van der Waals surface area contributed by atoms with E-state index in [2.05, 4.69) is 22.1 Å². The molecule has 1 aromatic rings. The van der Waals surface area contributed by atoms with Crippen LogP contribution in [0.15, 0.2) is 18.2 Å². The van der Waals surface area contributed by atoms with E-state index < -0.39 is 10.0 Å². The van der Waals surface area contributed by atoms with Crippen molar-refractivity contribution in [2.45, 2.75) is 19.9 Å². The molecular formula is C14H24N4O2S. The minimum atomic E-state index is -3.06. The van der Waals surface area contributed by atoms with Gasteiger partial charge in [-0.2, -0.15) is 4.31 Å². The molecule has 21 heavy (non-hydrogen) atoms. The first-order chi connectivity index (χ1) is 9.99. The van der Waals surface area contributed by atoms with Gasteiger partial charge in [0.05, 0.1) is 11.9 Å². The molecule has 0 saturated carbocycles. The van der Waals surface area contributed by atoms with E-state index in [1.807, 2.05) is 18.2 Å². The first kappa shape index (κ1) is 16.2. The number of anilines is 1. The molecule has 0 aromatic carbocycles. The minimum absolute atomic E-state index is 0.562. The summed E-state index contributed by atoms with van der Waals surface area (Å²) in [6.07, 6.45) is 2.34. The van der Waals surface area contributed by atoms with E-state index in [9.17, 15) is 8.42 Å². The second kappa shape index (κ2) is 7.20. The van der Waals surface area contributed by atoms with Gasteiger partial charge in [0.15, 0.2) is 0 Å². The Kier molecular flexibility index (Phi) is 5.55. The number of sulfonamides is 1. The molecule has 0 atom stereocenters. The zero-order chi connectivity index (χ0) is 15.3. The van der Waals surface area contributed by atoms with Gasteiger partial charge in [0.1, 0.15) is 5.82 Å². The summed E-state index contributed by atoms with van der Waals surface area (Å²) in [5.74, 6) is 0.907. The molecule has 1 saturated heterocycles. The van der Waals surface area contributed by atoms with Crippen molar-refractivity contribution >= 4 is 15.8 Å². The molecule has 7 heteroatoms. The van der Waals surface area contributed by atoms with Crippen molar-refractivity contribution in [2.75, 3.05) is 44.3 Å². The van der Waals surface area contributed by atoms with Crippen LogP contribution in [0.5, 0.6) is 0 Å². The van der Waals surface area contributed by atoms with Crippen LogP contribution < -0.4 is 5.32 Å². The van der Waals surface area contributed by atoms with Gasteiger partial charge in [-0.25, -0.2) is 13.4 Å². The minimum Gasteiger partial charge on any atom is -0.370 e. The summed E-state index contributed by atoms with van der Waals surface area (Å²) in [5.41, 5.74) is 1.02. The molecule has 0 bridgehead atoms. The normalized spacial score (nSPS) is 17.8. The van der Waals surface area contributed by atoms with Crippen molar-refractivity contribution in [3.8, 4) is 0 Å². The van der Waals surface area contributed by atoms with Crippen molar-refractivity contribution in [1.82, 2.24) is 14.2 Å². The Morgan fingerprint density at radius 2 is 1.95 bits per heavy atom. The van der Waals surface area contributed by atoms with Crippen molar-refractivity contribution in [2.24, 2.45) is 0 Å². The zero-order valence-electron chi connectivity index (χ0n) is 12.7. The molecule has 0 aliphatic carbocycles. The number of pyridine rings is 1. The van der Waals surface area contributed by atoms with Gasteiger partial charge in [-0.3, -0.25) is 4.90 Å². The van der Waals surface area contributed by atoms with Gasteiger partial charge in [0.2, 0.25) is 10.0 Å². The first-order valence-electron chi connectivity index (χ1n) is 7.36. The van der Waals surface area contributed by atoms with E-state index in [0.29, 0.717) is 13.1 Å². The molecular weight excluding hydrogens is 288 g/mol. The molecule has 118 valence electrons. The Bertz CT molecular complexity index is 554. The molecule has 1 fully saturated rings. The van der Waals surface area contributed by atoms with Crippen molar-refractivity contribution in [3.05, 3.63) is 23.9 Å². The van der Waals surface area contributed by atoms with Crippen molar-refractivity contribution in [1.29, 1.82) is 0 Å². The van der Waals surface area contributed by atoms with Gasteiger partial charge in [0.25, 0.3) is 0 Å². The Balaban J connectivity index is 1.88. The molecule has 0 spiro atoms. The smallest absolute Gasteiger partial charge is 0.211 e. The first-order valence-corrected chi connectivity index (χ1v) is 9.21. The van der Waals surface area contributed by atoms with Crippen LogP contribution in [0, 0.1) is 0 Å². The Labute approximate surface area is 127 Å². The van der Waals surface area contributed by atoms with E-state index in [-0.39, 0.29) is 0 Å². The van der Waals surface area contributed by atoms with Crippen molar-refractivity contribution < 1.29 is 8.42 Å². The highest BCUT2D eigenvalue weighted by Crippen LogP contribution is 2.11. The quantitative estimate of drug-likeness (QED) is 0.848. The molecule has 2 heterocycles. The topological polar surface area (TPSA) is 65.5 Å². The van der Waals surface area contributed by atoms with Gasteiger partial charge in [-0.15, -0.1) is 0 Å². The number of hydrogen-bond acceptors (Lipinski definition) is 5. The average molecular weight is 312 g/mol. The van der Waals surface area contributed by atoms with E-state index in [1.165, 1.54) is 10.6 Å². The molecule has 0 radical (unpaired) electrons. The number of piperazine rings is 1. The van der Waals surface area contributed by atoms with Crippen LogP contribution in [0.25, 0.3) is 0 Å². The molecule has 2 rings (SSSR count). The maximum absolute atomic E-state index is 11.5. The number of rotatable bonds is 6. The summed E-state index contributed by atoms with van der Waals surface area (Å²) in [7, 11) is -3.06. The van der Waals surface area contributed by atoms with Gasteiger partial charge < -0.3 is 5.32 Å². The molecule has 1 aromatic heterocycles. The van der Waals surface area contributed by atoms with Gasteiger partial charge in [-0.1, -0.05) is 13.0 Å². The van der Waals surface area contributed by atoms with Crippen LogP contribution in [0.4, 0.5) is 5.82 Å². The lowest BCUT2D eigenvalue weighted by Gasteiger charge is -2.32. The number of nitrogens with zero attached hydrogens (tertiary/aromatic N) is 3. The van der Waals surface area contributed by atoms with Crippen LogP contribution in [0.1, 0.15) is 19.0 Å². The fourth-order valence-corrected chi connectivity index (χ4v) is 3.19. The maximum atomic E-state index is 11.5. The second-order valence-electron chi connectivity index (χ2n) is 5.38. The molecule has 1 aliphatic rings. The third-order valence-corrected chi connectivity index (χ3v) is 4.85. The fraction of sp³-hybridized carbons (Fsp3) is 0.643. The Hall–Kier alpha value is -1.18. The van der Waals surface area contributed by atoms with Crippen LogP contribution in [-0.4, -0.2) is 61.6 Å². The third-order valence-electron chi connectivity index (χ3n) is 3.55. The average Bonchev–Trinajstić information content (AvgIpc) is 2.45. The largest absolute Gasteiger partial charge is 0.370 e. The van der Waals surface area contributed by atoms with Crippen LogP contribution in [0.3, 0.4) is 0 Å². The van der Waals surface area contributed by atoms with Crippen molar-refractivity contribution in [3.63, 3.8) is 0 Å². The highest BCUT2D eigenvalue weighted by Gasteiger charge is 2.23. The number of hydrogen-bond donors (Lipinski definition) is 1. The van der Waals surface area contributed by atoms with Crippen LogP contribution >= 0.6 is 0 Å². The van der Waals surface area contributed by atoms with E-state index in [4.69, 9.17) is 0 Å². The zero-order valence-corrected chi connectivity index (χ0v) is 13.6.